The van der Waals surface area contributed by atoms with Gasteiger partial charge < -0.3 is 9.84 Å². The molecule has 4 heteroatoms. The van der Waals surface area contributed by atoms with Crippen molar-refractivity contribution in [1.29, 1.82) is 0 Å². The highest BCUT2D eigenvalue weighted by atomic mass is 16.5. The van der Waals surface area contributed by atoms with E-state index in [1.54, 1.807) is 0 Å². The van der Waals surface area contributed by atoms with E-state index in [-0.39, 0.29) is 5.92 Å². The zero-order chi connectivity index (χ0) is 10.6. The molecule has 1 rings (SSSR count). The molecule has 0 atom stereocenters. The second-order valence-electron chi connectivity index (χ2n) is 4.26. The maximum Gasteiger partial charge on any atom is 0.309 e. The van der Waals surface area contributed by atoms with Crippen LogP contribution in [-0.4, -0.2) is 48.8 Å². The summed E-state index contributed by atoms with van der Waals surface area (Å²) in [5.74, 6) is -0.261. The van der Waals surface area contributed by atoms with E-state index >= 15 is 0 Å². The van der Waals surface area contributed by atoms with E-state index in [0.717, 1.165) is 13.2 Å². The first kappa shape index (κ1) is 11.5. The van der Waals surface area contributed by atoms with Gasteiger partial charge in [-0.25, -0.2) is 0 Å². The number of carboxylic acid groups (broad SMARTS) is 1. The van der Waals surface area contributed by atoms with Crippen LogP contribution in [0.4, 0.5) is 0 Å². The molecule has 1 fully saturated rings. The quantitative estimate of drug-likeness (QED) is 0.642. The van der Waals surface area contributed by atoms with Gasteiger partial charge in [0.2, 0.25) is 0 Å². The van der Waals surface area contributed by atoms with Crippen LogP contribution in [0.2, 0.25) is 0 Å². The number of carbonyl (C=O) groups is 1. The molecule has 0 aromatic carbocycles. The summed E-state index contributed by atoms with van der Waals surface area (Å²) in [7, 11) is 0. The first-order chi connectivity index (χ1) is 6.59. The zero-order valence-electron chi connectivity index (χ0n) is 8.90. The number of carboxylic acids is 1. The van der Waals surface area contributed by atoms with E-state index in [0.29, 0.717) is 25.6 Å². The molecule has 0 aromatic rings. The van der Waals surface area contributed by atoms with E-state index in [4.69, 9.17) is 9.84 Å². The van der Waals surface area contributed by atoms with Gasteiger partial charge >= 0.3 is 5.97 Å². The topological polar surface area (TPSA) is 49.8 Å². The Morgan fingerprint density at radius 3 is 2.71 bits per heavy atom. The highest BCUT2D eigenvalue weighted by Crippen LogP contribution is 2.14. The Morgan fingerprint density at radius 1 is 1.57 bits per heavy atom. The predicted octanol–water partition coefficient (Wildman–Crippen LogP) is 0.675. The molecule has 1 N–H and O–H groups in total. The number of rotatable bonds is 6. The fourth-order valence-corrected chi connectivity index (χ4v) is 1.42. The first-order valence-corrected chi connectivity index (χ1v) is 5.12. The molecule has 0 radical (unpaired) electrons. The van der Waals surface area contributed by atoms with Crippen molar-refractivity contribution in [3.05, 3.63) is 0 Å². The van der Waals surface area contributed by atoms with Crippen LogP contribution >= 0.6 is 0 Å². The molecular formula is C10H19NO3. The average Bonchev–Trinajstić information content (AvgIpc) is 1.98. The Kier molecular flexibility index (Phi) is 4.35. The molecule has 0 amide bonds. The summed E-state index contributed by atoms with van der Waals surface area (Å²) < 4.78 is 5.41. The number of hydrogen-bond acceptors (Lipinski definition) is 3. The molecule has 0 unspecified atom stereocenters. The fraction of sp³-hybridized carbons (Fsp3) is 0.900. The monoisotopic (exact) mass is 201 g/mol. The summed E-state index contributed by atoms with van der Waals surface area (Å²) in [6.45, 7) is 7.95. The van der Waals surface area contributed by atoms with E-state index in [1.165, 1.54) is 0 Å². The molecule has 1 aliphatic heterocycles. The van der Waals surface area contributed by atoms with E-state index in [2.05, 4.69) is 18.7 Å². The molecule has 0 aromatic heterocycles. The van der Waals surface area contributed by atoms with Crippen molar-refractivity contribution in [3.8, 4) is 0 Å². The van der Waals surface area contributed by atoms with Gasteiger partial charge in [0.1, 0.15) is 0 Å². The summed E-state index contributed by atoms with van der Waals surface area (Å²) >= 11 is 0. The minimum atomic E-state index is -0.677. The fourth-order valence-electron chi connectivity index (χ4n) is 1.42. The summed E-state index contributed by atoms with van der Waals surface area (Å²) in [5, 5.41) is 8.64. The lowest BCUT2D eigenvalue weighted by molar-refractivity contribution is -0.147. The standard InChI is InChI=1S/C10H19NO3/c1-8(2)7-14-4-3-11-5-9(6-11)10(12)13/h8-9H,3-7H2,1-2H3,(H,12,13). The maximum absolute atomic E-state index is 10.5. The predicted molar refractivity (Wildman–Crippen MR) is 53.2 cm³/mol. The molecule has 0 bridgehead atoms. The van der Waals surface area contributed by atoms with Gasteiger partial charge in [0.25, 0.3) is 0 Å². The van der Waals surface area contributed by atoms with Gasteiger partial charge in [-0.1, -0.05) is 13.8 Å². The smallest absolute Gasteiger partial charge is 0.309 e. The summed E-state index contributed by atoms with van der Waals surface area (Å²) in [4.78, 5) is 12.6. The molecule has 0 spiro atoms. The first-order valence-electron chi connectivity index (χ1n) is 5.12. The van der Waals surface area contributed by atoms with Gasteiger partial charge in [-0.05, 0) is 5.92 Å². The van der Waals surface area contributed by atoms with Gasteiger partial charge in [-0.2, -0.15) is 0 Å². The van der Waals surface area contributed by atoms with Crippen LogP contribution in [0.1, 0.15) is 13.8 Å². The van der Waals surface area contributed by atoms with Crippen LogP contribution in [-0.2, 0) is 9.53 Å². The Hall–Kier alpha value is -0.610. The Morgan fingerprint density at radius 2 is 2.21 bits per heavy atom. The zero-order valence-corrected chi connectivity index (χ0v) is 8.90. The summed E-state index contributed by atoms with van der Waals surface area (Å²) in [6.07, 6.45) is 0. The maximum atomic E-state index is 10.5. The summed E-state index contributed by atoms with van der Waals surface area (Å²) in [5.41, 5.74) is 0. The number of likely N-dealkylation sites (tertiary alicyclic amines) is 1. The van der Waals surface area contributed by atoms with Crippen molar-refractivity contribution >= 4 is 5.97 Å². The van der Waals surface area contributed by atoms with Gasteiger partial charge in [-0.3, -0.25) is 9.69 Å². The lowest BCUT2D eigenvalue weighted by Crippen LogP contribution is -2.51. The third-order valence-electron chi connectivity index (χ3n) is 2.31. The number of hydrogen-bond donors (Lipinski definition) is 1. The molecular weight excluding hydrogens is 182 g/mol. The minimum absolute atomic E-state index is 0.153. The number of nitrogens with zero attached hydrogens (tertiary/aromatic N) is 1. The Labute approximate surface area is 84.8 Å². The lowest BCUT2D eigenvalue weighted by Gasteiger charge is -2.36. The van der Waals surface area contributed by atoms with Crippen molar-refractivity contribution in [2.24, 2.45) is 11.8 Å². The lowest BCUT2D eigenvalue weighted by atomic mass is 10.0. The highest BCUT2D eigenvalue weighted by Gasteiger charge is 2.31. The van der Waals surface area contributed by atoms with Crippen molar-refractivity contribution < 1.29 is 14.6 Å². The number of aliphatic carboxylic acids is 1. The van der Waals surface area contributed by atoms with Gasteiger partial charge in [0.05, 0.1) is 12.5 Å². The van der Waals surface area contributed by atoms with Crippen LogP contribution in [0.3, 0.4) is 0 Å². The van der Waals surface area contributed by atoms with Crippen LogP contribution in [0, 0.1) is 11.8 Å². The van der Waals surface area contributed by atoms with Crippen LogP contribution in [0.25, 0.3) is 0 Å². The molecule has 1 aliphatic rings. The largest absolute Gasteiger partial charge is 0.481 e. The normalized spacial score (nSPS) is 18.5. The second-order valence-corrected chi connectivity index (χ2v) is 4.26. The third kappa shape index (κ3) is 3.64. The molecule has 1 heterocycles. The summed E-state index contributed by atoms with van der Waals surface area (Å²) in [6, 6.07) is 0. The van der Waals surface area contributed by atoms with Crippen molar-refractivity contribution in [2.45, 2.75) is 13.8 Å². The van der Waals surface area contributed by atoms with E-state index < -0.39 is 5.97 Å². The van der Waals surface area contributed by atoms with E-state index in [9.17, 15) is 4.79 Å². The molecule has 0 saturated carbocycles. The SMILES string of the molecule is CC(C)COCCN1CC(C(=O)O)C1. The van der Waals surface area contributed by atoms with Crippen LogP contribution in [0.5, 0.6) is 0 Å². The number of ether oxygens (including phenoxy) is 1. The van der Waals surface area contributed by atoms with Gasteiger partial charge in [0, 0.05) is 26.2 Å². The second kappa shape index (κ2) is 5.32. The molecule has 82 valence electrons. The van der Waals surface area contributed by atoms with Gasteiger partial charge in [0.15, 0.2) is 0 Å². The third-order valence-corrected chi connectivity index (χ3v) is 2.31. The minimum Gasteiger partial charge on any atom is -0.481 e. The van der Waals surface area contributed by atoms with Crippen LogP contribution in [0.15, 0.2) is 0 Å². The average molecular weight is 201 g/mol. The molecule has 0 aliphatic carbocycles. The Balaban J connectivity index is 1.93. The van der Waals surface area contributed by atoms with E-state index in [1.807, 2.05) is 0 Å². The Bertz CT molecular complexity index is 188. The van der Waals surface area contributed by atoms with Crippen LogP contribution < -0.4 is 0 Å². The molecule has 1 saturated heterocycles. The van der Waals surface area contributed by atoms with Crippen molar-refractivity contribution in [2.75, 3.05) is 32.8 Å². The van der Waals surface area contributed by atoms with Gasteiger partial charge in [-0.15, -0.1) is 0 Å². The van der Waals surface area contributed by atoms with Crippen molar-refractivity contribution in [3.63, 3.8) is 0 Å². The van der Waals surface area contributed by atoms with Crippen molar-refractivity contribution in [1.82, 2.24) is 4.90 Å². The highest BCUT2D eigenvalue weighted by molar-refractivity contribution is 5.71. The molecule has 4 nitrogen and oxygen atoms in total. The molecule has 14 heavy (non-hydrogen) atoms.